The van der Waals surface area contributed by atoms with Crippen LogP contribution in [0, 0.1) is 0 Å². The molecule has 1 fully saturated rings. The number of likely N-dealkylation sites (tertiary alicyclic amines) is 1. The predicted molar refractivity (Wildman–Crippen MR) is 70.0 cm³/mol. The highest BCUT2D eigenvalue weighted by atomic mass is 16.6. The minimum atomic E-state index is -1.45. The Morgan fingerprint density at radius 2 is 2.00 bits per heavy atom. The minimum absolute atomic E-state index is 0.0184. The number of alkyl carbamates (subject to hydrolysis) is 1. The van der Waals surface area contributed by atoms with Crippen LogP contribution in [0.2, 0.25) is 0 Å². The first-order valence-corrected chi connectivity index (χ1v) is 6.29. The van der Waals surface area contributed by atoms with Crippen molar-refractivity contribution >= 4 is 18.0 Å². The topological polar surface area (TPSA) is 122 Å². The van der Waals surface area contributed by atoms with Gasteiger partial charge in [-0.15, -0.1) is 0 Å². The number of hydrogen-bond acceptors (Lipinski definition) is 5. The monoisotopic (exact) mass is 287 g/mol. The molecule has 0 saturated carbocycles. The van der Waals surface area contributed by atoms with Crippen LogP contribution in [0.1, 0.15) is 27.2 Å². The molecule has 2 amide bonds. The van der Waals surface area contributed by atoms with Crippen molar-refractivity contribution in [1.82, 2.24) is 10.2 Å². The maximum atomic E-state index is 11.7. The summed E-state index contributed by atoms with van der Waals surface area (Å²) in [5.74, 6) is -1.70. The number of carbonyl (C=O) groups is 3. The molecule has 20 heavy (non-hydrogen) atoms. The number of nitrogens with one attached hydrogen (secondary N) is 1. The number of nitrogens with zero attached hydrogens (tertiary/aromatic N) is 1. The molecule has 1 unspecified atom stereocenters. The summed E-state index contributed by atoms with van der Waals surface area (Å²) >= 11 is 0. The zero-order valence-corrected chi connectivity index (χ0v) is 11.9. The lowest BCUT2D eigenvalue weighted by Crippen LogP contribution is -2.57. The number of carboxylic acids is 1. The second-order valence-corrected chi connectivity index (χ2v) is 5.94. The molecule has 1 rings (SSSR count). The average Bonchev–Trinajstić information content (AvgIpc) is 2.58. The van der Waals surface area contributed by atoms with Crippen LogP contribution in [0.5, 0.6) is 0 Å². The van der Waals surface area contributed by atoms with Gasteiger partial charge in [0.05, 0.1) is 6.54 Å². The fourth-order valence-electron chi connectivity index (χ4n) is 2.07. The van der Waals surface area contributed by atoms with Crippen LogP contribution in [-0.4, -0.2) is 58.8 Å². The molecule has 1 aliphatic heterocycles. The summed E-state index contributed by atoms with van der Waals surface area (Å²) in [6, 6.07) is 0. The van der Waals surface area contributed by atoms with Gasteiger partial charge in [-0.05, 0) is 27.2 Å². The van der Waals surface area contributed by atoms with Crippen LogP contribution >= 0.6 is 0 Å². The molecule has 0 aromatic carbocycles. The van der Waals surface area contributed by atoms with Gasteiger partial charge >= 0.3 is 12.1 Å². The van der Waals surface area contributed by atoms with Crippen LogP contribution in [0.25, 0.3) is 0 Å². The van der Waals surface area contributed by atoms with Gasteiger partial charge in [-0.2, -0.15) is 0 Å². The van der Waals surface area contributed by atoms with Crippen LogP contribution in [0.3, 0.4) is 0 Å². The molecule has 1 heterocycles. The van der Waals surface area contributed by atoms with E-state index in [2.05, 4.69) is 5.32 Å². The second kappa shape index (κ2) is 5.66. The Balaban J connectivity index is 2.73. The first-order chi connectivity index (χ1) is 9.04. The Labute approximate surface area is 117 Å². The van der Waals surface area contributed by atoms with Crippen molar-refractivity contribution in [3.63, 3.8) is 0 Å². The number of ether oxygens (including phenoxy) is 1. The third kappa shape index (κ3) is 4.37. The SMILES string of the molecule is CC(C)(C)OC(=O)NC1(C(=O)O)CCN(CC(N)=O)C1. The van der Waals surface area contributed by atoms with E-state index in [0.29, 0.717) is 6.54 Å². The van der Waals surface area contributed by atoms with E-state index in [1.165, 1.54) is 0 Å². The van der Waals surface area contributed by atoms with Gasteiger partial charge < -0.3 is 20.9 Å². The molecule has 8 heteroatoms. The van der Waals surface area contributed by atoms with Crippen LogP contribution in [0.4, 0.5) is 4.79 Å². The Morgan fingerprint density at radius 1 is 1.40 bits per heavy atom. The average molecular weight is 287 g/mol. The van der Waals surface area contributed by atoms with Gasteiger partial charge in [-0.3, -0.25) is 9.69 Å². The number of primary amides is 1. The Kier molecular flexibility index (Phi) is 4.59. The summed E-state index contributed by atoms with van der Waals surface area (Å²) in [4.78, 5) is 35.6. The number of amides is 2. The summed E-state index contributed by atoms with van der Waals surface area (Å²) in [5, 5.41) is 11.7. The van der Waals surface area contributed by atoms with Gasteiger partial charge in [0, 0.05) is 13.1 Å². The van der Waals surface area contributed by atoms with Gasteiger partial charge in [0.15, 0.2) is 5.54 Å². The molecule has 114 valence electrons. The van der Waals surface area contributed by atoms with E-state index in [4.69, 9.17) is 10.5 Å². The second-order valence-electron chi connectivity index (χ2n) is 5.94. The lowest BCUT2D eigenvalue weighted by atomic mass is 9.99. The molecule has 1 saturated heterocycles. The van der Waals surface area contributed by atoms with Gasteiger partial charge in [-0.25, -0.2) is 9.59 Å². The van der Waals surface area contributed by atoms with E-state index in [1.54, 1.807) is 25.7 Å². The highest BCUT2D eigenvalue weighted by Gasteiger charge is 2.47. The molecule has 4 N–H and O–H groups in total. The van der Waals surface area contributed by atoms with Crippen molar-refractivity contribution in [2.75, 3.05) is 19.6 Å². The van der Waals surface area contributed by atoms with Gasteiger partial charge in [0.1, 0.15) is 5.60 Å². The third-order valence-electron chi connectivity index (χ3n) is 2.88. The fraction of sp³-hybridized carbons (Fsp3) is 0.750. The maximum absolute atomic E-state index is 11.7. The predicted octanol–water partition coefficient (Wildman–Crippen LogP) is -0.474. The number of carbonyl (C=O) groups excluding carboxylic acids is 2. The van der Waals surface area contributed by atoms with Crippen molar-refractivity contribution in [1.29, 1.82) is 0 Å². The molecule has 8 nitrogen and oxygen atoms in total. The summed E-state index contributed by atoms with van der Waals surface area (Å²) in [5.41, 5.74) is 2.92. The van der Waals surface area contributed by atoms with E-state index >= 15 is 0 Å². The Hall–Kier alpha value is -1.83. The van der Waals surface area contributed by atoms with Crippen LogP contribution in [0.15, 0.2) is 0 Å². The Bertz CT molecular complexity index is 418. The summed E-state index contributed by atoms with van der Waals surface area (Å²) in [6.07, 6.45) is -0.602. The zero-order chi connectivity index (χ0) is 15.6. The molecule has 0 spiro atoms. The minimum Gasteiger partial charge on any atom is -0.479 e. The van der Waals surface area contributed by atoms with Crippen LogP contribution in [-0.2, 0) is 14.3 Å². The lowest BCUT2D eigenvalue weighted by Gasteiger charge is -2.28. The largest absolute Gasteiger partial charge is 0.479 e. The van der Waals surface area contributed by atoms with Gasteiger partial charge in [-0.1, -0.05) is 0 Å². The standard InChI is InChI=1S/C12H21N3O5/c1-11(2,3)20-10(19)14-12(9(17)18)4-5-15(7-12)6-8(13)16/h4-7H2,1-3H3,(H2,13,16)(H,14,19)(H,17,18). The molecule has 0 aliphatic carbocycles. The van der Waals surface area contributed by atoms with Gasteiger partial charge in [0.2, 0.25) is 5.91 Å². The fourth-order valence-corrected chi connectivity index (χ4v) is 2.07. The van der Waals surface area contributed by atoms with Crippen molar-refractivity contribution in [3.05, 3.63) is 0 Å². The van der Waals surface area contributed by atoms with Crippen LogP contribution < -0.4 is 11.1 Å². The van der Waals surface area contributed by atoms with Gasteiger partial charge in [0.25, 0.3) is 0 Å². The number of hydrogen-bond donors (Lipinski definition) is 3. The first kappa shape index (κ1) is 16.2. The molecule has 0 bridgehead atoms. The number of carboxylic acid groups (broad SMARTS) is 1. The summed E-state index contributed by atoms with van der Waals surface area (Å²) < 4.78 is 5.07. The van der Waals surface area contributed by atoms with Crippen molar-refractivity contribution < 1.29 is 24.2 Å². The first-order valence-electron chi connectivity index (χ1n) is 6.29. The maximum Gasteiger partial charge on any atom is 0.408 e. The quantitative estimate of drug-likeness (QED) is 0.642. The van der Waals surface area contributed by atoms with E-state index in [1.807, 2.05) is 0 Å². The van der Waals surface area contributed by atoms with Crippen molar-refractivity contribution in [2.45, 2.75) is 38.3 Å². The highest BCUT2D eigenvalue weighted by Crippen LogP contribution is 2.22. The molecular formula is C12H21N3O5. The molecule has 1 atom stereocenters. The Morgan fingerprint density at radius 3 is 2.45 bits per heavy atom. The third-order valence-corrected chi connectivity index (χ3v) is 2.88. The van der Waals surface area contributed by atoms with Crippen molar-refractivity contribution in [3.8, 4) is 0 Å². The molecule has 0 aromatic rings. The normalized spacial score (nSPS) is 23.4. The number of rotatable bonds is 4. The highest BCUT2D eigenvalue weighted by molar-refractivity contribution is 5.85. The summed E-state index contributed by atoms with van der Waals surface area (Å²) in [7, 11) is 0. The molecular weight excluding hydrogens is 266 g/mol. The summed E-state index contributed by atoms with van der Waals surface area (Å²) in [6.45, 7) is 5.41. The number of aliphatic carboxylic acids is 1. The number of nitrogens with two attached hydrogens (primary N) is 1. The smallest absolute Gasteiger partial charge is 0.408 e. The molecule has 0 aromatic heterocycles. The van der Waals surface area contributed by atoms with Crippen molar-refractivity contribution in [2.24, 2.45) is 5.73 Å². The zero-order valence-electron chi connectivity index (χ0n) is 11.9. The lowest BCUT2D eigenvalue weighted by molar-refractivity contribution is -0.144. The van der Waals surface area contributed by atoms with E-state index in [9.17, 15) is 19.5 Å². The molecule has 0 radical (unpaired) electrons. The van der Waals surface area contributed by atoms with E-state index in [0.717, 1.165) is 0 Å². The van der Waals surface area contributed by atoms with E-state index < -0.39 is 29.1 Å². The molecule has 1 aliphatic rings. The van der Waals surface area contributed by atoms with E-state index in [-0.39, 0.29) is 19.5 Å².